The summed E-state index contributed by atoms with van der Waals surface area (Å²) in [6.07, 6.45) is 10.0. The molecule has 0 unspecified atom stereocenters. The number of nitrogens with one attached hydrogen (secondary N) is 3. The summed E-state index contributed by atoms with van der Waals surface area (Å²) < 4.78 is 0. The van der Waals surface area contributed by atoms with E-state index in [0.29, 0.717) is 12.8 Å². The van der Waals surface area contributed by atoms with E-state index in [1.54, 1.807) is 11.8 Å². The Morgan fingerprint density at radius 1 is 1.03 bits per heavy atom. The molecule has 5 N–H and O–H groups in total. The standard InChI is InChI=1S/C26H38N4O3S/c1-34-8-7-21(27)24(32)28-16-23(31)29-22(12-17-5-3-2-4-6-17)25(33)30-26-13-18-9-19(14-26)11-20(10-18)15-26/h2-6,18-22H,7-16,27H2,1H3,(H,28,32)(H,29,31)(H,30,33)/t18?,19?,20?,21-,22+,26?/m1/s1. The Balaban J connectivity index is 1.37. The third-order valence-corrected chi connectivity index (χ3v) is 8.40. The number of nitrogens with two attached hydrogens (primary N) is 1. The van der Waals surface area contributed by atoms with Gasteiger partial charge in [-0.2, -0.15) is 11.8 Å². The Labute approximate surface area is 206 Å². The van der Waals surface area contributed by atoms with Crippen molar-refractivity contribution in [1.82, 2.24) is 16.0 Å². The monoisotopic (exact) mass is 486 g/mol. The third-order valence-electron chi connectivity index (χ3n) is 7.75. The minimum Gasteiger partial charge on any atom is -0.349 e. The maximum atomic E-state index is 13.5. The van der Waals surface area contributed by atoms with Crippen LogP contribution in [0, 0.1) is 17.8 Å². The molecule has 2 atom stereocenters. The second kappa shape index (κ2) is 11.1. The van der Waals surface area contributed by atoms with E-state index in [4.69, 9.17) is 5.73 Å². The zero-order valence-corrected chi connectivity index (χ0v) is 20.9. The summed E-state index contributed by atoms with van der Waals surface area (Å²) in [7, 11) is 0. The average Bonchev–Trinajstić information content (AvgIpc) is 2.80. The van der Waals surface area contributed by atoms with Gasteiger partial charge < -0.3 is 21.7 Å². The van der Waals surface area contributed by atoms with E-state index in [2.05, 4.69) is 16.0 Å². The first kappa shape index (κ1) is 25.0. The molecule has 8 heteroatoms. The molecule has 34 heavy (non-hydrogen) atoms. The van der Waals surface area contributed by atoms with Crippen molar-refractivity contribution < 1.29 is 14.4 Å². The fourth-order valence-electron chi connectivity index (χ4n) is 6.59. The van der Waals surface area contributed by atoms with E-state index in [-0.39, 0.29) is 29.8 Å². The first-order chi connectivity index (χ1) is 16.4. The predicted octanol–water partition coefficient (Wildman–Crippen LogP) is 2.00. The van der Waals surface area contributed by atoms with E-state index in [1.165, 1.54) is 19.3 Å². The number of amides is 3. The molecule has 1 aromatic carbocycles. The Kier molecular flexibility index (Phi) is 8.19. The number of carbonyl (C=O) groups is 3. The minimum absolute atomic E-state index is 0.121. The lowest BCUT2D eigenvalue weighted by atomic mass is 9.53. The number of thioether (sulfide) groups is 1. The van der Waals surface area contributed by atoms with Crippen LogP contribution in [0.3, 0.4) is 0 Å². The van der Waals surface area contributed by atoms with Crippen molar-refractivity contribution in [3.05, 3.63) is 35.9 Å². The minimum atomic E-state index is -0.690. The summed E-state index contributed by atoms with van der Waals surface area (Å²) in [4.78, 5) is 38.4. The molecule has 3 amide bonds. The van der Waals surface area contributed by atoms with Crippen molar-refractivity contribution in [2.75, 3.05) is 18.6 Å². The van der Waals surface area contributed by atoms with E-state index in [1.807, 2.05) is 36.6 Å². The summed E-state index contributed by atoms with van der Waals surface area (Å²) in [6.45, 7) is -0.193. The molecule has 0 saturated heterocycles. The van der Waals surface area contributed by atoms with Crippen molar-refractivity contribution in [1.29, 1.82) is 0 Å². The van der Waals surface area contributed by atoms with Crippen molar-refractivity contribution in [2.45, 2.75) is 69.0 Å². The summed E-state index contributed by atoms with van der Waals surface area (Å²) in [5.41, 5.74) is 6.75. The molecule has 0 heterocycles. The highest BCUT2D eigenvalue weighted by Crippen LogP contribution is 2.55. The first-order valence-corrected chi connectivity index (χ1v) is 13.9. The highest BCUT2D eigenvalue weighted by atomic mass is 32.2. The summed E-state index contributed by atoms with van der Waals surface area (Å²) >= 11 is 1.62. The Morgan fingerprint density at radius 2 is 1.65 bits per heavy atom. The van der Waals surface area contributed by atoms with Gasteiger partial charge in [-0.05, 0) is 80.3 Å². The summed E-state index contributed by atoms with van der Waals surface area (Å²) in [5, 5.41) is 8.88. The number of hydrogen-bond donors (Lipinski definition) is 4. The van der Waals surface area contributed by atoms with Gasteiger partial charge in [0, 0.05) is 12.0 Å². The molecule has 4 fully saturated rings. The summed E-state index contributed by atoms with van der Waals surface area (Å²) in [5.74, 6) is 2.10. The van der Waals surface area contributed by atoms with Crippen LogP contribution < -0.4 is 21.7 Å². The lowest BCUT2D eigenvalue weighted by Crippen LogP contribution is -2.63. The zero-order valence-electron chi connectivity index (χ0n) is 20.1. The molecule has 4 bridgehead atoms. The van der Waals surface area contributed by atoms with Crippen molar-refractivity contribution in [2.24, 2.45) is 23.5 Å². The Bertz CT molecular complexity index is 843. The van der Waals surface area contributed by atoms with E-state index >= 15 is 0 Å². The molecule has 0 spiro atoms. The molecular formula is C26H38N4O3S. The fraction of sp³-hybridized carbons (Fsp3) is 0.654. The lowest BCUT2D eigenvalue weighted by molar-refractivity contribution is -0.133. The fourth-order valence-corrected chi connectivity index (χ4v) is 7.08. The van der Waals surface area contributed by atoms with Gasteiger partial charge in [0.05, 0.1) is 12.6 Å². The lowest BCUT2D eigenvalue weighted by Gasteiger charge is -2.57. The van der Waals surface area contributed by atoms with Gasteiger partial charge in [-0.15, -0.1) is 0 Å². The highest BCUT2D eigenvalue weighted by molar-refractivity contribution is 7.98. The van der Waals surface area contributed by atoms with Gasteiger partial charge in [-0.1, -0.05) is 30.3 Å². The van der Waals surface area contributed by atoms with Gasteiger partial charge >= 0.3 is 0 Å². The van der Waals surface area contributed by atoms with Gasteiger partial charge in [-0.25, -0.2) is 0 Å². The molecule has 7 nitrogen and oxygen atoms in total. The van der Waals surface area contributed by atoms with Crippen LogP contribution in [0.15, 0.2) is 30.3 Å². The van der Waals surface area contributed by atoms with Crippen molar-refractivity contribution >= 4 is 29.5 Å². The van der Waals surface area contributed by atoms with Gasteiger partial charge in [0.2, 0.25) is 17.7 Å². The molecule has 0 aliphatic heterocycles. The van der Waals surface area contributed by atoms with Crippen LogP contribution in [-0.4, -0.2) is 53.9 Å². The Morgan fingerprint density at radius 3 is 2.24 bits per heavy atom. The molecule has 4 saturated carbocycles. The van der Waals surface area contributed by atoms with E-state index < -0.39 is 12.1 Å². The van der Waals surface area contributed by atoms with E-state index in [9.17, 15) is 14.4 Å². The van der Waals surface area contributed by atoms with Crippen LogP contribution in [0.1, 0.15) is 50.5 Å². The van der Waals surface area contributed by atoms with Crippen molar-refractivity contribution in [3.8, 4) is 0 Å². The molecule has 1 aromatic rings. The third kappa shape index (κ3) is 6.33. The number of hydrogen-bond acceptors (Lipinski definition) is 5. The van der Waals surface area contributed by atoms with Crippen LogP contribution in [0.25, 0.3) is 0 Å². The molecule has 0 aromatic heterocycles. The van der Waals surface area contributed by atoms with Gasteiger partial charge in [-0.3, -0.25) is 14.4 Å². The summed E-state index contributed by atoms with van der Waals surface area (Å²) in [6, 6.07) is 8.39. The normalized spacial score (nSPS) is 28.7. The molecule has 186 valence electrons. The maximum Gasteiger partial charge on any atom is 0.243 e. The van der Waals surface area contributed by atoms with E-state index in [0.717, 1.165) is 48.3 Å². The van der Waals surface area contributed by atoms with Crippen LogP contribution in [0.5, 0.6) is 0 Å². The second-order valence-corrected chi connectivity index (χ2v) is 11.6. The highest BCUT2D eigenvalue weighted by Gasteiger charge is 2.51. The van der Waals surface area contributed by atoms with Crippen LogP contribution in [0.2, 0.25) is 0 Å². The SMILES string of the molecule is CSCC[C@@H](N)C(=O)NCC(=O)N[C@@H](Cc1ccccc1)C(=O)NC12CC3CC(CC(C3)C1)C2. The van der Waals surface area contributed by atoms with Gasteiger partial charge in [0.1, 0.15) is 6.04 Å². The Hall–Kier alpha value is -2.06. The number of benzene rings is 1. The number of carbonyl (C=O) groups excluding carboxylic acids is 3. The van der Waals surface area contributed by atoms with Crippen molar-refractivity contribution in [3.63, 3.8) is 0 Å². The molecule has 4 aliphatic carbocycles. The molecule has 4 aliphatic rings. The van der Waals surface area contributed by atoms with Gasteiger partial charge in [0.15, 0.2) is 0 Å². The zero-order chi connectivity index (χ0) is 24.1. The molecule has 0 radical (unpaired) electrons. The average molecular weight is 487 g/mol. The maximum absolute atomic E-state index is 13.5. The first-order valence-electron chi connectivity index (χ1n) is 12.5. The van der Waals surface area contributed by atoms with Gasteiger partial charge in [0.25, 0.3) is 0 Å². The topological polar surface area (TPSA) is 113 Å². The van der Waals surface area contributed by atoms with Crippen LogP contribution >= 0.6 is 11.8 Å². The quantitative estimate of drug-likeness (QED) is 0.382. The second-order valence-electron chi connectivity index (χ2n) is 10.6. The number of rotatable bonds is 11. The molecule has 5 rings (SSSR count). The van der Waals surface area contributed by atoms with Crippen LogP contribution in [-0.2, 0) is 20.8 Å². The molecular weight excluding hydrogens is 448 g/mol. The smallest absolute Gasteiger partial charge is 0.243 e. The van der Waals surface area contributed by atoms with Crippen LogP contribution in [0.4, 0.5) is 0 Å². The largest absolute Gasteiger partial charge is 0.349 e. The predicted molar refractivity (Wildman–Crippen MR) is 135 cm³/mol.